The van der Waals surface area contributed by atoms with Gasteiger partial charge in [-0.3, -0.25) is 0 Å². The normalized spacial score (nSPS) is 9.92. The zero-order valence-corrected chi connectivity index (χ0v) is 7.20. The average Bonchev–Trinajstić information content (AvgIpc) is 1.98. The highest BCUT2D eigenvalue weighted by Gasteiger charge is 2.07. The summed E-state index contributed by atoms with van der Waals surface area (Å²) >= 11 is 0. The lowest BCUT2D eigenvalue weighted by Crippen LogP contribution is -2.31. The summed E-state index contributed by atoms with van der Waals surface area (Å²) in [4.78, 5) is 25.3. The van der Waals surface area contributed by atoms with Gasteiger partial charge in [0.2, 0.25) is 0 Å². The van der Waals surface area contributed by atoms with Gasteiger partial charge in [-0.15, -0.1) is 5.06 Å². The van der Waals surface area contributed by atoms with E-state index in [0.717, 1.165) is 0 Å². The van der Waals surface area contributed by atoms with Crippen molar-refractivity contribution in [2.24, 2.45) is 0 Å². The van der Waals surface area contributed by atoms with Crippen LogP contribution in [0.4, 0.5) is 0 Å². The summed E-state index contributed by atoms with van der Waals surface area (Å²) in [7, 11) is 0. The molecule has 0 atom stereocenters. The molecule has 0 aliphatic rings. The van der Waals surface area contributed by atoms with E-state index in [1.165, 1.54) is 5.06 Å². The van der Waals surface area contributed by atoms with Crippen molar-refractivity contribution in [2.75, 3.05) is 13.1 Å². The van der Waals surface area contributed by atoms with Crippen LogP contribution < -0.4 is 5.11 Å². The predicted molar refractivity (Wildman–Crippen MR) is 38.6 cm³/mol. The van der Waals surface area contributed by atoms with Crippen molar-refractivity contribution < 1.29 is 19.5 Å². The lowest BCUT2D eigenvalue weighted by molar-refractivity contribution is -0.305. The van der Waals surface area contributed by atoms with Gasteiger partial charge in [-0.25, -0.2) is 4.79 Å². The summed E-state index contributed by atoms with van der Waals surface area (Å²) in [5, 5.41) is 11.3. The number of hydrogen-bond acceptors (Lipinski definition) is 5. The molecule has 0 N–H and O–H groups in total. The molecule has 0 saturated heterocycles. The Labute approximate surface area is 70.9 Å². The Kier molecular flexibility index (Phi) is 5.03. The van der Waals surface area contributed by atoms with Crippen molar-refractivity contribution in [1.82, 2.24) is 5.06 Å². The van der Waals surface area contributed by atoms with Crippen LogP contribution in [0.25, 0.3) is 0 Å². The largest absolute Gasteiger partial charge is 0.550 e. The number of hydrogen-bond donors (Lipinski definition) is 0. The number of carbonyl (C=O) groups is 2. The molecule has 0 rings (SSSR count). The van der Waals surface area contributed by atoms with Gasteiger partial charge in [0.1, 0.15) is 0 Å². The molecule has 0 aromatic rings. The zero-order valence-electron chi connectivity index (χ0n) is 7.20. The molecule has 5 heteroatoms. The molecule has 0 amide bonds. The molecule has 0 aromatic carbocycles. The Bertz CT molecular complexity index is 165. The summed E-state index contributed by atoms with van der Waals surface area (Å²) in [5.41, 5.74) is 0. The lowest BCUT2D eigenvalue weighted by Gasteiger charge is -2.16. The molecule has 0 fully saturated rings. The molecule has 0 radical (unpaired) electrons. The van der Waals surface area contributed by atoms with Crippen LogP contribution in [0, 0.1) is 0 Å². The zero-order chi connectivity index (χ0) is 9.56. The van der Waals surface area contributed by atoms with E-state index in [-0.39, 0.29) is 0 Å². The highest BCUT2D eigenvalue weighted by molar-refractivity contribution is 5.88. The second-order valence-corrected chi connectivity index (χ2v) is 2.13. The molecule has 0 unspecified atom stereocenters. The summed E-state index contributed by atoms with van der Waals surface area (Å²) in [6.07, 6.45) is -0.698. The molecular formula is C7H12NO4-. The van der Waals surface area contributed by atoms with Gasteiger partial charge >= 0.3 is 5.97 Å². The molecule has 0 spiro atoms. The first-order valence-electron chi connectivity index (χ1n) is 3.75. The molecular weight excluding hydrogens is 162 g/mol. The fourth-order valence-electron chi connectivity index (χ4n) is 0.647. The van der Waals surface area contributed by atoms with E-state index in [1.54, 1.807) is 13.8 Å². The Morgan fingerprint density at radius 2 is 1.83 bits per heavy atom. The Morgan fingerprint density at radius 1 is 1.33 bits per heavy atom. The van der Waals surface area contributed by atoms with Gasteiger partial charge in [-0.2, -0.15) is 0 Å². The highest BCUT2D eigenvalue weighted by atomic mass is 16.7. The highest BCUT2D eigenvalue weighted by Crippen LogP contribution is 1.92. The van der Waals surface area contributed by atoms with Crippen LogP contribution in [0.1, 0.15) is 20.3 Å². The van der Waals surface area contributed by atoms with Crippen LogP contribution in [-0.4, -0.2) is 30.1 Å². The molecule has 0 bridgehead atoms. The maximum Gasteiger partial charge on any atom is 0.330 e. The van der Waals surface area contributed by atoms with Crippen molar-refractivity contribution in [1.29, 1.82) is 0 Å². The number of carbonyl (C=O) groups excluding carboxylic acids is 2. The summed E-state index contributed by atoms with van der Waals surface area (Å²) in [5.74, 6) is -2.22. The first-order valence-corrected chi connectivity index (χ1v) is 3.75. The van der Waals surface area contributed by atoms with Crippen molar-refractivity contribution in [2.45, 2.75) is 20.3 Å². The fraction of sp³-hybridized carbons (Fsp3) is 0.714. The van der Waals surface area contributed by atoms with Crippen LogP contribution in [0.5, 0.6) is 0 Å². The number of carboxylic acid groups (broad SMARTS) is 1. The fourth-order valence-corrected chi connectivity index (χ4v) is 0.647. The number of nitrogens with zero attached hydrogens (tertiary/aromatic N) is 1. The maximum absolute atomic E-state index is 10.7. The first kappa shape index (κ1) is 10.9. The summed E-state index contributed by atoms with van der Waals surface area (Å²) < 4.78 is 0. The van der Waals surface area contributed by atoms with E-state index >= 15 is 0 Å². The number of aliphatic carboxylic acids is 1. The molecule has 0 aliphatic heterocycles. The second-order valence-electron chi connectivity index (χ2n) is 2.13. The quantitative estimate of drug-likeness (QED) is 0.392. The molecule has 0 heterocycles. The number of carboxylic acids is 1. The SMILES string of the molecule is CCN(CC)OC(=O)CC(=O)[O-]. The van der Waals surface area contributed by atoms with Crippen molar-refractivity contribution in [3.8, 4) is 0 Å². The minimum absolute atomic E-state index is 0.537. The van der Waals surface area contributed by atoms with E-state index < -0.39 is 18.4 Å². The molecule has 0 aliphatic carbocycles. The minimum Gasteiger partial charge on any atom is -0.550 e. The van der Waals surface area contributed by atoms with Gasteiger partial charge in [-0.1, -0.05) is 0 Å². The second kappa shape index (κ2) is 5.54. The van der Waals surface area contributed by atoms with Gasteiger partial charge in [0.05, 0.1) is 12.4 Å². The van der Waals surface area contributed by atoms with Gasteiger partial charge in [0, 0.05) is 13.1 Å². The van der Waals surface area contributed by atoms with Crippen molar-refractivity contribution in [3.05, 3.63) is 0 Å². The van der Waals surface area contributed by atoms with Gasteiger partial charge in [0.25, 0.3) is 0 Å². The Balaban J connectivity index is 3.74. The third-order valence-corrected chi connectivity index (χ3v) is 1.23. The summed E-state index contributed by atoms with van der Waals surface area (Å²) in [6, 6.07) is 0. The number of rotatable bonds is 5. The van der Waals surface area contributed by atoms with Gasteiger partial charge < -0.3 is 14.7 Å². The van der Waals surface area contributed by atoms with E-state index in [4.69, 9.17) is 0 Å². The van der Waals surface area contributed by atoms with Crippen LogP contribution in [0.3, 0.4) is 0 Å². The topological polar surface area (TPSA) is 69.7 Å². The Morgan fingerprint density at radius 3 is 2.17 bits per heavy atom. The molecule has 70 valence electrons. The third kappa shape index (κ3) is 4.68. The first-order chi connectivity index (χ1) is 5.60. The van der Waals surface area contributed by atoms with Crippen LogP contribution in [-0.2, 0) is 14.4 Å². The third-order valence-electron chi connectivity index (χ3n) is 1.23. The van der Waals surface area contributed by atoms with E-state index in [0.29, 0.717) is 13.1 Å². The van der Waals surface area contributed by atoms with Crippen LogP contribution in [0.2, 0.25) is 0 Å². The predicted octanol–water partition coefficient (Wildman–Crippen LogP) is -1.07. The Hall–Kier alpha value is -1.10. The van der Waals surface area contributed by atoms with E-state index in [9.17, 15) is 14.7 Å². The van der Waals surface area contributed by atoms with E-state index in [1.807, 2.05) is 0 Å². The monoisotopic (exact) mass is 174 g/mol. The van der Waals surface area contributed by atoms with Crippen molar-refractivity contribution in [3.63, 3.8) is 0 Å². The molecule has 0 saturated carbocycles. The van der Waals surface area contributed by atoms with Crippen LogP contribution in [0.15, 0.2) is 0 Å². The van der Waals surface area contributed by atoms with Gasteiger partial charge in [0.15, 0.2) is 0 Å². The van der Waals surface area contributed by atoms with Gasteiger partial charge in [-0.05, 0) is 13.8 Å². The summed E-state index contributed by atoms with van der Waals surface area (Å²) in [6.45, 7) is 4.68. The minimum atomic E-state index is -1.42. The molecule has 12 heavy (non-hydrogen) atoms. The molecule has 0 aromatic heterocycles. The standard InChI is InChI=1S/C7H13NO4/c1-3-8(4-2)12-7(11)5-6(9)10/h3-5H2,1-2H3,(H,9,10)/p-1. The number of hydroxylamine groups is 2. The maximum atomic E-state index is 10.7. The smallest absolute Gasteiger partial charge is 0.330 e. The molecule has 5 nitrogen and oxygen atoms in total. The van der Waals surface area contributed by atoms with Crippen molar-refractivity contribution >= 4 is 11.9 Å². The van der Waals surface area contributed by atoms with E-state index in [2.05, 4.69) is 4.84 Å². The average molecular weight is 174 g/mol. The van der Waals surface area contributed by atoms with Crippen LogP contribution >= 0.6 is 0 Å². The lowest BCUT2D eigenvalue weighted by atomic mass is 10.4.